The number of aromatic nitrogens is 2. The zero-order chi connectivity index (χ0) is 19.6. The zero-order valence-corrected chi connectivity index (χ0v) is 19.4. The van der Waals surface area contributed by atoms with Crippen LogP contribution in [0.15, 0.2) is 64.1 Å². The van der Waals surface area contributed by atoms with Crippen molar-refractivity contribution in [3.63, 3.8) is 0 Å². The summed E-state index contributed by atoms with van der Waals surface area (Å²) in [5, 5.41) is 11.3. The van der Waals surface area contributed by atoms with Gasteiger partial charge in [0.1, 0.15) is 0 Å². The number of hydrogen-bond donors (Lipinski definition) is 2. The number of guanidine groups is 1. The van der Waals surface area contributed by atoms with Crippen LogP contribution in [0.5, 0.6) is 0 Å². The summed E-state index contributed by atoms with van der Waals surface area (Å²) < 4.78 is 5.32. The SMILES string of the molecule is CN=C(NCCCc1ccccc1)NCCc1nc(-c2ccc(Cl)cc2)no1.I. The van der Waals surface area contributed by atoms with Gasteiger partial charge in [0.05, 0.1) is 0 Å². The quantitative estimate of drug-likeness (QED) is 0.198. The number of aryl methyl sites for hydroxylation is 1. The summed E-state index contributed by atoms with van der Waals surface area (Å²) in [5.74, 6) is 1.91. The van der Waals surface area contributed by atoms with Crippen molar-refractivity contribution in [1.82, 2.24) is 20.8 Å². The first kappa shape index (κ1) is 23.2. The van der Waals surface area contributed by atoms with Gasteiger partial charge in [-0.05, 0) is 42.7 Å². The highest BCUT2D eigenvalue weighted by Crippen LogP contribution is 2.18. The number of rotatable bonds is 8. The fourth-order valence-electron chi connectivity index (χ4n) is 2.73. The van der Waals surface area contributed by atoms with Crippen LogP contribution in [0.1, 0.15) is 17.9 Å². The lowest BCUT2D eigenvalue weighted by Crippen LogP contribution is -2.38. The summed E-state index contributed by atoms with van der Waals surface area (Å²) in [7, 11) is 1.76. The van der Waals surface area contributed by atoms with Gasteiger partial charge < -0.3 is 15.2 Å². The first-order chi connectivity index (χ1) is 13.7. The second-order valence-electron chi connectivity index (χ2n) is 6.28. The molecule has 0 radical (unpaired) electrons. The van der Waals surface area contributed by atoms with E-state index in [1.807, 2.05) is 30.3 Å². The molecule has 154 valence electrons. The van der Waals surface area contributed by atoms with Crippen LogP contribution in [0.25, 0.3) is 11.4 Å². The Morgan fingerprint density at radius 3 is 2.45 bits per heavy atom. The van der Waals surface area contributed by atoms with Crippen molar-refractivity contribution >= 4 is 41.5 Å². The van der Waals surface area contributed by atoms with Gasteiger partial charge >= 0.3 is 0 Å². The molecule has 3 aromatic rings. The molecule has 0 saturated carbocycles. The Bertz CT molecular complexity index is 884. The Labute approximate surface area is 193 Å². The smallest absolute Gasteiger partial charge is 0.228 e. The number of aliphatic imine (C=N–C) groups is 1. The molecular weight excluding hydrogens is 501 g/mol. The minimum Gasteiger partial charge on any atom is -0.356 e. The molecule has 0 spiro atoms. The average molecular weight is 526 g/mol. The van der Waals surface area contributed by atoms with Crippen molar-refractivity contribution in [2.75, 3.05) is 20.1 Å². The van der Waals surface area contributed by atoms with Crippen LogP contribution in [-0.2, 0) is 12.8 Å². The Kier molecular flexibility index (Phi) is 9.93. The van der Waals surface area contributed by atoms with E-state index in [0.29, 0.717) is 29.7 Å². The van der Waals surface area contributed by atoms with Crippen LogP contribution in [0.2, 0.25) is 5.02 Å². The van der Waals surface area contributed by atoms with E-state index in [9.17, 15) is 0 Å². The van der Waals surface area contributed by atoms with Gasteiger partial charge in [-0.1, -0.05) is 47.1 Å². The van der Waals surface area contributed by atoms with E-state index >= 15 is 0 Å². The van der Waals surface area contributed by atoms with Gasteiger partial charge in [-0.2, -0.15) is 4.98 Å². The number of halogens is 2. The second-order valence-corrected chi connectivity index (χ2v) is 6.72. The number of nitrogens with one attached hydrogen (secondary N) is 2. The first-order valence-corrected chi connectivity index (χ1v) is 9.69. The van der Waals surface area contributed by atoms with Crippen LogP contribution in [0.4, 0.5) is 0 Å². The molecule has 1 aromatic heterocycles. The van der Waals surface area contributed by atoms with E-state index in [2.05, 4.69) is 50.0 Å². The number of hydrogen-bond acceptors (Lipinski definition) is 4. The molecule has 2 aromatic carbocycles. The third-order valence-electron chi connectivity index (χ3n) is 4.20. The minimum atomic E-state index is 0. The van der Waals surface area contributed by atoms with Gasteiger partial charge in [-0.15, -0.1) is 24.0 Å². The lowest BCUT2D eigenvalue weighted by atomic mass is 10.1. The van der Waals surface area contributed by atoms with Gasteiger partial charge in [0.25, 0.3) is 0 Å². The highest BCUT2D eigenvalue weighted by Gasteiger charge is 2.08. The van der Waals surface area contributed by atoms with Crippen molar-refractivity contribution in [2.24, 2.45) is 4.99 Å². The van der Waals surface area contributed by atoms with Crippen molar-refractivity contribution in [1.29, 1.82) is 0 Å². The molecule has 2 N–H and O–H groups in total. The lowest BCUT2D eigenvalue weighted by molar-refractivity contribution is 0.378. The van der Waals surface area contributed by atoms with Crippen molar-refractivity contribution in [3.8, 4) is 11.4 Å². The van der Waals surface area contributed by atoms with E-state index in [4.69, 9.17) is 16.1 Å². The van der Waals surface area contributed by atoms with Gasteiger partial charge in [-0.3, -0.25) is 4.99 Å². The maximum absolute atomic E-state index is 5.90. The molecule has 0 saturated heterocycles. The van der Waals surface area contributed by atoms with Gasteiger partial charge in [0.2, 0.25) is 11.7 Å². The molecule has 6 nitrogen and oxygen atoms in total. The lowest BCUT2D eigenvalue weighted by Gasteiger charge is -2.11. The van der Waals surface area contributed by atoms with Crippen LogP contribution in [0.3, 0.4) is 0 Å². The first-order valence-electron chi connectivity index (χ1n) is 9.31. The minimum absolute atomic E-state index is 0. The molecule has 0 atom stereocenters. The standard InChI is InChI=1S/C21H24ClN5O.HI/c1-23-21(24-14-5-8-16-6-3-2-4-7-16)25-15-13-19-26-20(27-28-19)17-9-11-18(22)12-10-17;/h2-4,6-7,9-12H,5,8,13-15H2,1H3,(H2,23,24,25);1H. The molecule has 0 aliphatic carbocycles. The second kappa shape index (κ2) is 12.4. The molecule has 8 heteroatoms. The molecule has 29 heavy (non-hydrogen) atoms. The fourth-order valence-corrected chi connectivity index (χ4v) is 2.85. The molecular formula is C21H25ClIN5O. The molecule has 0 amide bonds. The molecule has 3 rings (SSSR count). The maximum Gasteiger partial charge on any atom is 0.228 e. The molecule has 0 aliphatic rings. The Balaban J connectivity index is 0.00000300. The van der Waals surface area contributed by atoms with Gasteiger partial charge in [0, 0.05) is 37.1 Å². The molecule has 0 fully saturated rings. The summed E-state index contributed by atoms with van der Waals surface area (Å²) in [5.41, 5.74) is 2.23. The monoisotopic (exact) mass is 525 g/mol. The van der Waals surface area contributed by atoms with Crippen molar-refractivity contribution in [2.45, 2.75) is 19.3 Å². The molecule has 0 unspecified atom stereocenters. The largest absolute Gasteiger partial charge is 0.356 e. The van der Waals surface area contributed by atoms with Gasteiger partial charge in [-0.25, -0.2) is 0 Å². The highest BCUT2D eigenvalue weighted by atomic mass is 127. The van der Waals surface area contributed by atoms with Crippen LogP contribution in [0, 0.1) is 0 Å². The third-order valence-corrected chi connectivity index (χ3v) is 4.45. The highest BCUT2D eigenvalue weighted by molar-refractivity contribution is 14.0. The normalized spacial score (nSPS) is 11.0. The summed E-state index contributed by atoms with van der Waals surface area (Å²) in [6.45, 7) is 1.51. The predicted molar refractivity (Wildman–Crippen MR) is 128 cm³/mol. The van der Waals surface area contributed by atoms with E-state index in [1.165, 1.54) is 5.56 Å². The predicted octanol–water partition coefficient (Wildman–Crippen LogP) is 4.35. The average Bonchev–Trinajstić information content (AvgIpc) is 3.20. The maximum atomic E-state index is 5.90. The summed E-state index contributed by atoms with van der Waals surface area (Å²) in [4.78, 5) is 8.66. The van der Waals surface area contributed by atoms with Crippen molar-refractivity contribution < 1.29 is 4.52 Å². The summed E-state index contributed by atoms with van der Waals surface area (Å²) >= 11 is 5.90. The van der Waals surface area contributed by atoms with Crippen LogP contribution >= 0.6 is 35.6 Å². The Hall–Kier alpha value is -2.13. The van der Waals surface area contributed by atoms with Crippen LogP contribution < -0.4 is 10.6 Å². The Morgan fingerprint density at radius 1 is 1.00 bits per heavy atom. The van der Waals surface area contributed by atoms with E-state index in [0.717, 1.165) is 30.9 Å². The Morgan fingerprint density at radius 2 is 1.72 bits per heavy atom. The topological polar surface area (TPSA) is 75.3 Å². The zero-order valence-electron chi connectivity index (χ0n) is 16.3. The third kappa shape index (κ3) is 7.66. The van der Waals surface area contributed by atoms with E-state index < -0.39 is 0 Å². The van der Waals surface area contributed by atoms with Gasteiger partial charge in [0.15, 0.2) is 5.96 Å². The number of benzene rings is 2. The molecule has 0 bridgehead atoms. The van der Waals surface area contributed by atoms with E-state index in [-0.39, 0.29) is 24.0 Å². The van der Waals surface area contributed by atoms with Crippen molar-refractivity contribution in [3.05, 3.63) is 71.1 Å². The molecule has 0 aliphatic heterocycles. The summed E-state index contributed by atoms with van der Waals surface area (Å²) in [6.07, 6.45) is 2.70. The van der Waals surface area contributed by atoms with Crippen LogP contribution in [-0.4, -0.2) is 36.2 Å². The number of nitrogens with zero attached hydrogens (tertiary/aromatic N) is 3. The fraction of sp³-hybridized carbons (Fsp3) is 0.286. The molecule has 1 heterocycles. The van der Waals surface area contributed by atoms with E-state index in [1.54, 1.807) is 7.05 Å². The summed E-state index contributed by atoms with van der Waals surface area (Å²) in [6, 6.07) is 17.8.